The highest BCUT2D eigenvalue weighted by Gasteiger charge is 2.37. The Labute approximate surface area is 135 Å². The number of rotatable bonds is 3. The molecular weight excluding hydrogens is 305 g/mol. The molecule has 0 spiro atoms. The van der Waals surface area contributed by atoms with Crippen molar-refractivity contribution in [2.24, 2.45) is 5.73 Å². The van der Waals surface area contributed by atoms with Crippen LogP contribution in [0.3, 0.4) is 0 Å². The summed E-state index contributed by atoms with van der Waals surface area (Å²) in [5, 5.41) is 4.02. The number of aromatic nitrogens is 2. The maximum absolute atomic E-state index is 13.2. The Bertz CT molecular complexity index is 629. The van der Waals surface area contributed by atoms with Gasteiger partial charge in [0.05, 0.1) is 5.92 Å². The molecule has 1 aromatic heterocycles. The molecule has 0 amide bonds. The summed E-state index contributed by atoms with van der Waals surface area (Å²) in [6.07, 6.45) is 4.70. The highest BCUT2D eigenvalue weighted by atomic mass is 35.5. The fraction of sp³-hybridized carbons (Fsp3) is 0.500. The summed E-state index contributed by atoms with van der Waals surface area (Å²) >= 11 is 0. The Hall–Kier alpha value is -1.46. The van der Waals surface area contributed by atoms with Gasteiger partial charge in [-0.15, -0.1) is 12.4 Å². The SMILES string of the molecule is CC1(N)CCCCC1c1nc(Cc2cccc(F)c2)no1.Cl. The van der Waals surface area contributed by atoms with E-state index in [-0.39, 0.29) is 29.7 Å². The second-order valence-corrected chi connectivity index (χ2v) is 6.16. The number of halogens is 2. The third-order valence-electron chi connectivity index (χ3n) is 4.29. The smallest absolute Gasteiger partial charge is 0.231 e. The van der Waals surface area contributed by atoms with Gasteiger partial charge >= 0.3 is 0 Å². The minimum absolute atomic E-state index is 0. The summed E-state index contributed by atoms with van der Waals surface area (Å²) in [6.45, 7) is 2.05. The minimum atomic E-state index is -0.291. The molecule has 1 saturated carbocycles. The van der Waals surface area contributed by atoms with E-state index in [0.29, 0.717) is 18.1 Å². The molecule has 6 heteroatoms. The lowest BCUT2D eigenvalue weighted by molar-refractivity contribution is 0.223. The average molecular weight is 326 g/mol. The molecule has 2 unspecified atom stereocenters. The zero-order valence-corrected chi connectivity index (χ0v) is 13.4. The van der Waals surface area contributed by atoms with Crippen LogP contribution in [0, 0.1) is 5.82 Å². The molecule has 120 valence electrons. The fourth-order valence-electron chi connectivity index (χ4n) is 3.07. The van der Waals surface area contributed by atoms with Gasteiger partial charge in [0.25, 0.3) is 0 Å². The summed E-state index contributed by atoms with van der Waals surface area (Å²) in [5.74, 6) is 1.06. The van der Waals surface area contributed by atoms with Crippen LogP contribution in [0.2, 0.25) is 0 Å². The van der Waals surface area contributed by atoms with Crippen LogP contribution < -0.4 is 5.73 Å². The van der Waals surface area contributed by atoms with E-state index in [0.717, 1.165) is 31.2 Å². The van der Waals surface area contributed by atoms with E-state index in [2.05, 4.69) is 10.1 Å². The van der Waals surface area contributed by atoms with E-state index in [1.165, 1.54) is 12.1 Å². The normalized spacial score (nSPS) is 24.8. The van der Waals surface area contributed by atoms with E-state index < -0.39 is 0 Å². The van der Waals surface area contributed by atoms with Crippen LogP contribution in [0.15, 0.2) is 28.8 Å². The van der Waals surface area contributed by atoms with Gasteiger partial charge in [0.15, 0.2) is 5.82 Å². The van der Waals surface area contributed by atoms with Crippen molar-refractivity contribution in [3.05, 3.63) is 47.4 Å². The van der Waals surface area contributed by atoms with E-state index in [4.69, 9.17) is 10.3 Å². The van der Waals surface area contributed by atoms with Gasteiger partial charge in [-0.2, -0.15) is 4.98 Å². The quantitative estimate of drug-likeness (QED) is 0.936. The third kappa shape index (κ3) is 3.65. The molecule has 22 heavy (non-hydrogen) atoms. The van der Waals surface area contributed by atoms with Crippen molar-refractivity contribution in [3.63, 3.8) is 0 Å². The van der Waals surface area contributed by atoms with Crippen molar-refractivity contribution in [2.75, 3.05) is 0 Å². The first-order chi connectivity index (χ1) is 10.0. The molecule has 0 aliphatic heterocycles. The van der Waals surface area contributed by atoms with Gasteiger partial charge < -0.3 is 10.3 Å². The molecule has 2 N–H and O–H groups in total. The summed E-state index contributed by atoms with van der Waals surface area (Å²) in [7, 11) is 0. The Kier molecular flexibility index (Phi) is 5.19. The molecule has 2 atom stereocenters. The maximum atomic E-state index is 13.2. The average Bonchev–Trinajstić information content (AvgIpc) is 2.86. The highest BCUT2D eigenvalue weighted by molar-refractivity contribution is 5.85. The van der Waals surface area contributed by atoms with Crippen LogP contribution in [0.5, 0.6) is 0 Å². The van der Waals surface area contributed by atoms with Gasteiger partial charge in [-0.1, -0.05) is 30.1 Å². The summed E-state index contributed by atoms with van der Waals surface area (Å²) < 4.78 is 18.6. The van der Waals surface area contributed by atoms with Crippen molar-refractivity contribution in [3.8, 4) is 0 Å². The minimum Gasteiger partial charge on any atom is -0.339 e. The molecule has 1 fully saturated rings. The molecule has 0 radical (unpaired) electrons. The van der Waals surface area contributed by atoms with Gasteiger partial charge in [-0.25, -0.2) is 4.39 Å². The number of benzene rings is 1. The van der Waals surface area contributed by atoms with E-state index in [1.54, 1.807) is 6.07 Å². The predicted octanol–water partition coefficient (Wildman–Crippen LogP) is 3.60. The second kappa shape index (κ2) is 6.75. The molecule has 1 heterocycles. The van der Waals surface area contributed by atoms with Crippen LogP contribution in [0.25, 0.3) is 0 Å². The van der Waals surface area contributed by atoms with Crippen LogP contribution >= 0.6 is 12.4 Å². The van der Waals surface area contributed by atoms with E-state index >= 15 is 0 Å². The number of hydrogen-bond acceptors (Lipinski definition) is 4. The van der Waals surface area contributed by atoms with Crippen LogP contribution in [-0.4, -0.2) is 15.7 Å². The maximum Gasteiger partial charge on any atom is 0.231 e. The first kappa shape index (κ1) is 16.9. The predicted molar refractivity (Wildman–Crippen MR) is 84.6 cm³/mol. The molecular formula is C16H21ClFN3O. The molecule has 0 bridgehead atoms. The van der Waals surface area contributed by atoms with Crippen LogP contribution in [0.4, 0.5) is 4.39 Å². The monoisotopic (exact) mass is 325 g/mol. The van der Waals surface area contributed by atoms with Crippen molar-refractivity contribution in [1.82, 2.24) is 10.1 Å². The topological polar surface area (TPSA) is 64.9 Å². The van der Waals surface area contributed by atoms with Crippen molar-refractivity contribution >= 4 is 12.4 Å². The van der Waals surface area contributed by atoms with Crippen molar-refractivity contribution in [2.45, 2.75) is 50.5 Å². The van der Waals surface area contributed by atoms with Gasteiger partial charge in [0, 0.05) is 12.0 Å². The Balaban J connectivity index is 0.00000176. The van der Waals surface area contributed by atoms with Crippen LogP contribution in [-0.2, 0) is 6.42 Å². The molecule has 1 aliphatic carbocycles. The zero-order chi connectivity index (χ0) is 14.9. The van der Waals surface area contributed by atoms with Gasteiger partial charge in [-0.05, 0) is 37.5 Å². The van der Waals surface area contributed by atoms with Crippen molar-refractivity contribution in [1.29, 1.82) is 0 Å². The third-order valence-corrected chi connectivity index (χ3v) is 4.29. The molecule has 2 aromatic rings. The summed E-state index contributed by atoms with van der Waals surface area (Å²) in [4.78, 5) is 4.47. The molecule has 1 aliphatic rings. The molecule has 1 aromatic carbocycles. The number of hydrogen-bond donors (Lipinski definition) is 1. The highest BCUT2D eigenvalue weighted by Crippen LogP contribution is 2.38. The first-order valence-corrected chi connectivity index (χ1v) is 7.40. The standard InChI is InChI=1S/C16H20FN3O.ClH/c1-16(18)8-3-2-7-13(16)15-19-14(20-21-15)10-11-5-4-6-12(17)9-11;/h4-6,9,13H,2-3,7-8,10,18H2,1H3;1H. The second-order valence-electron chi connectivity index (χ2n) is 6.16. The molecule has 4 nitrogen and oxygen atoms in total. The first-order valence-electron chi connectivity index (χ1n) is 7.40. The Morgan fingerprint density at radius 3 is 2.95 bits per heavy atom. The molecule has 0 saturated heterocycles. The number of nitrogens with zero attached hydrogens (tertiary/aromatic N) is 2. The zero-order valence-electron chi connectivity index (χ0n) is 12.6. The van der Waals surface area contributed by atoms with Gasteiger partial charge in [0.2, 0.25) is 5.89 Å². The summed E-state index contributed by atoms with van der Waals surface area (Å²) in [6, 6.07) is 6.45. The lowest BCUT2D eigenvalue weighted by Gasteiger charge is -2.35. The fourth-order valence-corrected chi connectivity index (χ4v) is 3.07. The Morgan fingerprint density at radius 2 is 2.23 bits per heavy atom. The van der Waals surface area contributed by atoms with E-state index in [1.807, 2.05) is 13.0 Å². The van der Waals surface area contributed by atoms with Gasteiger partial charge in [0.1, 0.15) is 5.82 Å². The van der Waals surface area contributed by atoms with Crippen molar-refractivity contribution < 1.29 is 8.91 Å². The van der Waals surface area contributed by atoms with Gasteiger partial charge in [-0.3, -0.25) is 0 Å². The largest absolute Gasteiger partial charge is 0.339 e. The molecule has 3 rings (SSSR count). The van der Waals surface area contributed by atoms with Crippen LogP contribution in [0.1, 0.15) is 55.8 Å². The number of nitrogens with two attached hydrogens (primary N) is 1. The summed E-state index contributed by atoms with van der Waals surface area (Å²) in [5.41, 5.74) is 6.90. The lowest BCUT2D eigenvalue weighted by atomic mass is 9.74. The Morgan fingerprint density at radius 1 is 1.41 bits per heavy atom. The lowest BCUT2D eigenvalue weighted by Crippen LogP contribution is -2.44. The van der Waals surface area contributed by atoms with E-state index in [9.17, 15) is 4.39 Å².